The summed E-state index contributed by atoms with van der Waals surface area (Å²) in [5, 5.41) is 18.1. The molecule has 0 atom stereocenters. The summed E-state index contributed by atoms with van der Waals surface area (Å²) in [4.78, 5) is 52.4. The van der Waals surface area contributed by atoms with Crippen LogP contribution < -0.4 is 0 Å². The van der Waals surface area contributed by atoms with E-state index in [1.54, 1.807) is 0 Å². The number of hydrogen-bond acceptors (Lipinski definition) is 10. The summed E-state index contributed by atoms with van der Waals surface area (Å²) in [6.45, 7) is 0. The zero-order valence-electron chi connectivity index (χ0n) is 13.0. The van der Waals surface area contributed by atoms with Crippen LogP contribution in [0.1, 0.15) is 12.8 Å². The minimum Gasteiger partial charge on any atom is -0.479 e. The maximum atomic E-state index is 10.8. The highest BCUT2D eigenvalue weighted by Gasteiger charge is 2.41. The van der Waals surface area contributed by atoms with E-state index in [0.29, 0.717) is 0 Å². The minimum atomic E-state index is -2.49. The first-order valence-corrected chi connectivity index (χ1v) is 5.83. The third kappa shape index (κ3) is 9.03. The largest absolute Gasteiger partial charge is 0.479 e. The number of carbonyl (C=O) groups excluding carboxylic acids is 4. The molecule has 2 N–H and O–H groups in total. The number of rotatable bonds is 5. The summed E-state index contributed by atoms with van der Waals surface area (Å²) in [6, 6.07) is 0. The smallest absolute Gasteiger partial charge is 0.417 e. The summed E-state index contributed by atoms with van der Waals surface area (Å²) >= 11 is 0. The first kappa shape index (κ1) is 22.6. The van der Waals surface area contributed by atoms with Crippen molar-refractivity contribution in [3.05, 3.63) is 0 Å². The van der Waals surface area contributed by atoms with Crippen LogP contribution >= 0.6 is 0 Å². The van der Waals surface area contributed by atoms with Crippen molar-refractivity contribution < 1.29 is 53.1 Å². The van der Waals surface area contributed by atoms with E-state index in [1.165, 1.54) is 0 Å². The van der Waals surface area contributed by atoms with Crippen LogP contribution in [0.15, 0.2) is 0 Å². The van der Waals surface area contributed by atoms with Crippen molar-refractivity contribution in [2.45, 2.75) is 18.4 Å². The van der Waals surface area contributed by atoms with E-state index in [2.05, 4.69) is 18.9 Å². The Kier molecular flexibility index (Phi) is 10.8. The van der Waals surface area contributed by atoms with Crippen molar-refractivity contribution in [3.8, 4) is 0 Å². The van der Waals surface area contributed by atoms with Crippen LogP contribution in [0, 0.1) is 0 Å². The van der Waals surface area contributed by atoms with Crippen LogP contribution in [0.2, 0.25) is 0 Å². The van der Waals surface area contributed by atoms with Crippen LogP contribution in [0.4, 0.5) is 0 Å². The lowest BCUT2D eigenvalue weighted by atomic mass is 9.96. The zero-order valence-corrected chi connectivity index (χ0v) is 13.0. The van der Waals surface area contributed by atoms with Gasteiger partial charge in [0.1, 0.15) is 0 Å². The monoisotopic (exact) mass is 338 g/mol. The van der Waals surface area contributed by atoms with Crippen molar-refractivity contribution in [1.82, 2.24) is 0 Å². The quantitative estimate of drug-likeness (QED) is 0.332. The molecule has 0 radical (unpaired) electrons. The van der Waals surface area contributed by atoms with Gasteiger partial charge in [-0.05, 0) is 0 Å². The van der Waals surface area contributed by atoms with E-state index >= 15 is 0 Å². The number of methoxy groups -OCH3 is 4. The second-order valence-corrected chi connectivity index (χ2v) is 3.83. The Bertz CT molecular complexity index is 422. The first-order valence-electron chi connectivity index (χ1n) is 5.83. The van der Waals surface area contributed by atoms with Crippen molar-refractivity contribution in [2.75, 3.05) is 28.4 Å². The van der Waals surface area contributed by atoms with Gasteiger partial charge in [0.25, 0.3) is 0 Å². The lowest BCUT2D eigenvalue weighted by Crippen LogP contribution is -2.43. The van der Waals surface area contributed by atoms with Crippen molar-refractivity contribution in [3.63, 3.8) is 0 Å². The molecule has 0 spiro atoms. The first-order chi connectivity index (χ1) is 10.6. The van der Waals surface area contributed by atoms with E-state index in [4.69, 9.17) is 5.11 Å². The molecule has 0 aliphatic heterocycles. The van der Waals surface area contributed by atoms with Gasteiger partial charge < -0.3 is 29.2 Å². The molecule has 0 saturated heterocycles. The molecule has 0 aromatic rings. The van der Waals surface area contributed by atoms with Gasteiger partial charge in [0.05, 0.1) is 41.3 Å². The lowest BCUT2D eigenvalue weighted by Gasteiger charge is -2.20. The van der Waals surface area contributed by atoms with Gasteiger partial charge in [-0.15, -0.1) is 0 Å². The summed E-state index contributed by atoms with van der Waals surface area (Å²) < 4.78 is 16.4. The molecule has 0 fully saturated rings. The lowest BCUT2D eigenvalue weighted by molar-refractivity contribution is -0.171. The Morgan fingerprint density at radius 1 is 0.739 bits per heavy atom. The standard InChI is InChI=1S/C8H12O7.C4H6O4/c1-14-5(9)3-8(13,7(11)12)4-6(10)15-2;1-7-3(5)4(6)8-2/h13H,3-4H2,1-2H3,(H,11,12);1-2H3. The predicted molar refractivity (Wildman–Crippen MR) is 69.9 cm³/mol. The SMILES string of the molecule is COC(=O)C(=O)OC.COC(=O)CC(O)(CC(=O)OC)C(=O)O. The number of carboxylic acid groups (broad SMARTS) is 1. The molecule has 0 amide bonds. The maximum absolute atomic E-state index is 10.8. The average molecular weight is 338 g/mol. The third-order valence-electron chi connectivity index (χ3n) is 2.26. The summed E-state index contributed by atoms with van der Waals surface area (Å²) in [7, 11) is 4.31. The maximum Gasteiger partial charge on any atom is 0.417 e. The van der Waals surface area contributed by atoms with Crippen LogP contribution in [-0.4, -0.2) is 74.1 Å². The topological polar surface area (TPSA) is 163 Å². The fourth-order valence-electron chi connectivity index (χ4n) is 1.00. The molecule has 0 aromatic carbocycles. The van der Waals surface area contributed by atoms with E-state index in [-0.39, 0.29) is 0 Å². The van der Waals surface area contributed by atoms with Gasteiger partial charge in [-0.1, -0.05) is 0 Å². The Morgan fingerprint density at radius 2 is 1.04 bits per heavy atom. The van der Waals surface area contributed by atoms with E-state index in [0.717, 1.165) is 28.4 Å². The molecule has 0 rings (SSSR count). The fourth-order valence-corrected chi connectivity index (χ4v) is 1.00. The molecular weight excluding hydrogens is 320 g/mol. The third-order valence-corrected chi connectivity index (χ3v) is 2.26. The Morgan fingerprint density at radius 3 is 1.22 bits per heavy atom. The molecule has 11 nitrogen and oxygen atoms in total. The number of aliphatic carboxylic acids is 1. The second kappa shape index (κ2) is 11.0. The van der Waals surface area contributed by atoms with Crippen LogP contribution in [0.25, 0.3) is 0 Å². The molecule has 11 heteroatoms. The van der Waals surface area contributed by atoms with Crippen LogP contribution in [0.3, 0.4) is 0 Å². The Hall–Kier alpha value is -2.69. The molecule has 0 aliphatic carbocycles. The predicted octanol–water partition coefficient (Wildman–Crippen LogP) is -1.74. The average Bonchev–Trinajstić information content (AvgIpc) is 2.53. The minimum absolute atomic E-state index is 0.812. The van der Waals surface area contributed by atoms with E-state index in [9.17, 15) is 29.1 Å². The highest BCUT2D eigenvalue weighted by atomic mass is 16.6. The number of aliphatic hydroxyl groups is 1. The van der Waals surface area contributed by atoms with Crippen LogP contribution in [-0.2, 0) is 42.9 Å². The van der Waals surface area contributed by atoms with Gasteiger partial charge in [0, 0.05) is 0 Å². The molecule has 0 unspecified atom stereocenters. The van der Waals surface area contributed by atoms with Crippen molar-refractivity contribution in [1.29, 1.82) is 0 Å². The van der Waals surface area contributed by atoms with Crippen LogP contribution in [0.5, 0.6) is 0 Å². The van der Waals surface area contributed by atoms with Crippen molar-refractivity contribution in [2.24, 2.45) is 0 Å². The molecule has 0 bridgehead atoms. The molecule has 0 aromatic heterocycles. The molecule has 23 heavy (non-hydrogen) atoms. The van der Waals surface area contributed by atoms with Gasteiger partial charge in [-0.2, -0.15) is 0 Å². The molecule has 0 heterocycles. The molecule has 0 aliphatic rings. The molecule has 132 valence electrons. The summed E-state index contributed by atoms with van der Waals surface area (Å²) in [6.07, 6.45) is -1.62. The fraction of sp³-hybridized carbons (Fsp3) is 0.583. The summed E-state index contributed by atoms with van der Waals surface area (Å²) in [5.41, 5.74) is -2.49. The van der Waals surface area contributed by atoms with Gasteiger partial charge in [-0.25, -0.2) is 14.4 Å². The molecular formula is C12H18O11. The van der Waals surface area contributed by atoms with E-state index < -0.39 is 48.3 Å². The molecule has 0 saturated carbocycles. The van der Waals surface area contributed by atoms with Gasteiger partial charge in [0.2, 0.25) is 0 Å². The highest BCUT2D eigenvalue weighted by Crippen LogP contribution is 2.17. The highest BCUT2D eigenvalue weighted by molar-refractivity contribution is 6.29. The van der Waals surface area contributed by atoms with Gasteiger partial charge in [-0.3, -0.25) is 9.59 Å². The number of carboxylic acids is 1. The van der Waals surface area contributed by atoms with Crippen molar-refractivity contribution >= 4 is 29.8 Å². The second-order valence-electron chi connectivity index (χ2n) is 3.83. The normalized spacial score (nSPS) is 9.61. The number of esters is 4. The summed E-state index contributed by atoms with van der Waals surface area (Å²) in [5.74, 6) is -5.49. The van der Waals surface area contributed by atoms with Gasteiger partial charge >= 0.3 is 29.8 Å². The number of ether oxygens (including phenoxy) is 4. The number of hydrogen-bond donors (Lipinski definition) is 2. The Balaban J connectivity index is 0. The Labute approximate surface area is 131 Å². The zero-order chi connectivity index (χ0) is 18.6. The number of carbonyl (C=O) groups is 5. The van der Waals surface area contributed by atoms with Gasteiger partial charge in [0.15, 0.2) is 5.60 Å². The van der Waals surface area contributed by atoms with E-state index in [1.807, 2.05) is 0 Å².